The molecule has 22 nitrogen and oxygen atoms in total. The zero-order chi connectivity index (χ0) is 81.1. The third kappa shape index (κ3) is 24.7. The second kappa shape index (κ2) is 42.6. The van der Waals surface area contributed by atoms with Crippen LogP contribution in [-0.4, -0.2) is 84.8 Å². The van der Waals surface area contributed by atoms with Gasteiger partial charge >= 0.3 is 0 Å². The quantitative estimate of drug-likeness (QED) is 0.0224. The lowest BCUT2D eigenvalue weighted by Crippen LogP contribution is -2.42. The number of nitrogens with two attached hydrogens (primary N) is 1. The summed E-state index contributed by atoms with van der Waals surface area (Å²) in [7, 11) is 3.00. The van der Waals surface area contributed by atoms with Gasteiger partial charge in [-0.25, -0.2) is 0 Å². The highest BCUT2D eigenvalue weighted by atomic mass is 35.5. The Bertz CT molecular complexity index is 5310. The number of aliphatic imine (C=N–C) groups is 1. The van der Waals surface area contributed by atoms with E-state index < -0.39 is 65.5 Å². The second-order valence-corrected chi connectivity index (χ2v) is 25.4. The summed E-state index contributed by atoms with van der Waals surface area (Å²) in [4.78, 5) is 107. The highest BCUT2D eigenvalue weighted by Crippen LogP contribution is 2.24. The Morgan fingerprint density at radius 2 is 0.649 bits per heavy atom. The lowest BCUT2D eigenvalue weighted by atomic mass is 10.0. The average molecular weight is 1540 g/mol. The van der Waals surface area contributed by atoms with Gasteiger partial charge in [-0.05, 0) is 95.9 Å². The van der Waals surface area contributed by atoms with E-state index >= 15 is 0 Å². The molecule has 4 atom stereocenters. The number of halogens is 1. The Hall–Kier alpha value is -15.0. The summed E-state index contributed by atoms with van der Waals surface area (Å²) < 4.78 is 10.4. The van der Waals surface area contributed by atoms with E-state index in [-0.39, 0.29) is 29.2 Å². The van der Waals surface area contributed by atoms with Crippen molar-refractivity contribution >= 4 is 82.2 Å². The van der Waals surface area contributed by atoms with E-state index in [1.165, 1.54) is 14.2 Å². The van der Waals surface area contributed by atoms with E-state index in [2.05, 4.69) is 42.2 Å². The van der Waals surface area contributed by atoms with Crippen LogP contribution in [0.2, 0.25) is 5.02 Å². The number of carbonyl (C=O) groups is 8. The van der Waals surface area contributed by atoms with E-state index in [9.17, 15) is 38.4 Å². The highest BCUT2D eigenvalue weighted by molar-refractivity contribution is 6.30. The molecule has 0 saturated carbocycles. The van der Waals surface area contributed by atoms with Crippen molar-refractivity contribution in [3.63, 3.8) is 0 Å². The molecule has 0 aromatic heterocycles. The minimum atomic E-state index is -0.974. The Morgan fingerprint density at radius 3 is 1.04 bits per heavy atom. The first-order valence-electron chi connectivity index (χ1n) is 35.6. The van der Waals surface area contributed by atoms with Crippen LogP contribution in [-0.2, 0) is 19.2 Å². The third-order valence-electron chi connectivity index (χ3n) is 17.0. The zero-order valence-electron chi connectivity index (χ0n) is 62.1. The number of para-hydroxylation sites is 1. The standard InChI is InChI=1S/2C23H21N3O3.C23H21N3O2.C22H18ClN3O2/c1-29-19-15-9-8-14-18(19)22(27)25-20(16-10-4-2-5-11-16)23(28)26-21(24)17-12-6-3-7-13-17;1-29-19-14-8-13-18(15-19)22(27)25-20(16-9-4-2-5-10-16)23(28)26-21(24)17-11-6-3-7-12-17;1-16-9-8-14-19(15-16)22(27)25-20(17-10-4-2-5-11-17)23(28)26-21(24)18-12-6-3-7-13-18;23-18-13-11-17(12-14-18)21(27)25-19(15-7-3-1-4-8-15)22(28)26-20(24)16-9-5-2-6-10-16/h2*2-15,20H,1H3,(H,25,27)(H2,24,26,28);2-15,20H,1H3,(H,25,27)(H2,24,26,28);1-14,19H,(H,25,27)(H2,24,26,28). The number of amidine groups is 4. The van der Waals surface area contributed by atoms with Crippen LogP contribution in [0.15, 0.2) is 345 Å². The fraction of sp³-hybridized carbons (Fsp3) is 0.0769. The molecule has 0 heterocycles. The molecule has 0 aliphatic carbocycles. The SMILES string of the molecule is COc1cccc(C(=O)NC(C(=O)NC(=N)c2ccccc2)c2ccccc2)c1.COc1ccccc1C(=O)NC(C(=O)NC(=N)c1ccccc1)c1ccccc1.Cc1cccc(C(=O)NC(C(=O)NC(=N)c2ccccc2)c2ccccc2)c1.NC(=NC(=O)C(NC(=O)c1ccc(Cl)cc1)c1ccccc1)c1ccccc1. The first-order chi connectivity index (χ1) is 55.3. The topological polar surface area (TPSA) is 349 Å². The van der Waals surface area contributed by atoms with Crippen LogP contribution < -0.4 is 52.4 Å². The Kier molecular flexibility index (Phi) is 31.1. The molecule has 0 fully saturated rings. The van der Waals surface area contributed by atoms with Gasteiger partial charge in [-0.2, -0.15) is 4.99 Å². The van der Waals surface area contributed by atoms with Crippen molar-refractivity contribution in [3.8, 4) is 11.5 Å². The van der Waals surface area contributed by atoms with Gasteiger partial charge in [0, 0.05) is 44.0 Å². The molecule has 4 unspecified atom stereocenters. The average Bonchev–Trinajstić information content (AvgIpc) is 0.863. The number of rotatable bonds is 22. The van der Waals surface area contributed by atoms with Crippen LogP contribution in [0.25, 0.3) is 0 Å². The van der Waals surface area contributed by atoms with Crippen molar-refractivity contribution in [3.05, 3.63) is 417 Å². The lowest BCUT2D eigenvalue weighted by Gasteiger charge is -2.20. The number of nitrogens with one attached hydrogen (secondary N) is 10. The number of hydrogen-bond donors (Lipinski definition) is 11. The summed E-state index contributed by atoms with van der Waals surface area (Å²) >= 11 is 5.87. The fourth-order valence-electron chi connectivity index (χ4n) is 11.1. The maximum Gasteiger partial charge on any atom is 0.274 e. The molecule has 0 aliphatic rings. The van der Waals surface area contributed by atoms with E-state index in [0.717, 1.165) is 5.56 Å². The maximum absolute atomic E-state index is 13.0. The number of ether oxygens (including phenoxy) is 2. The predicted octanol–water partition coefficient (Wildman–Crippen LogP) is 14.0. The van der Waals surface area contributed by atoms with Gasteiger partial charge in [0.2, 0.25) is 0 Å². The van der Waals surface area contributed by atoms with E-state index in [0.29, 0.717) is 83.3 Å². The molecule has 0 bridgehead atoms. The summed E-state index contributed by atoms with van der Waals surface area (Å²) in [5, 5.41) is 43.8. The Labute approximate surface area is 664 Å². The van der Waals surface area contributed by atoms with Gasteiger partial charge in [-0.3, -0.25) is 54.6 Å². The summed E-state index contributed by atoms with van der Waals surface area (Å²) in [5.41, 5.74) is 13.3. The van der Waals surface area contributed by atoms with Gasteiger partial charge in [0.1, 0.15) is 59.0 Å². The molecule has 0 saturated heterocycles. The summed E-state index contributed by atoms with van der Waals surface area (Å²) in [6, 6.07) is 94.5. The Balaban J connectivity index is 0.000000174. The number of nitrogens with zero attached hydrogens (tertiary/aromatic N) is 1. The van der Waals surface area contributed by atoms with Gasteiger partial charge < -0.3 is 52.4 Å². The number of aryl methyl sites for hydroxylation is 1. The van der Waals surface area contributed by atoms with Crippen LogP contribution in [0.3, 0.4) is 0 Å². The summed E-state index contributed by atoms with van der Waals surface area (Å²) in [6.45, 7) is 1.90. The van der Waals surface area contributed by atoms with Gasteiger partial charge in [0.15, 0.2) is 0 Å². The predicted molar refractivity (Wildman–Crippen MR) is 442 cm³/mol. The number of amides is 8. The number of benzene rings is 12. The molecular formula is C91H81ClN12O10. The number of carbonyl (C=O) groups excluding carboxylic acids is 8. The number of methoxy groups -OCH3 is 2. The maximum atomic E-state index is 13.0. The lowest BCUT2D eigenvalue weighted by molar-refractivity contribution is -0.122. The van der Waals surface area contributed by atoms with Crippen molar-refractivity contribution < 1.29 is 47.8 Å². The normalized spacial score (nSPS) is 11.5. The van der Waals surface area contributed by atoms with Crippen LogP contribution in [0.1, 0.15) is 116 Å². The first kappa shape index (κ1) is 83.0. The molecule has 572 valence electrons. The molecule has 12 aromatic rings. The Morgan fingerprint density at radius 1 is 0.333 bits per heavy atom. The van der Waals surface area contributed by atoms with Gasteiger partial charge in [0.05, 0.1) is 19.8 Å². The molecule has 8 amide bonds. The van der Waals surface area contributed by atoms with E-state index in [4.69, 9.17) is 43.0 Å². The van der Waals surface area contributed by atoms with Crippen LogP contribution >= 0.6 is 11.6 Å². The molecule has 0 radical (unpaired) electrons. The highest BCUT2D eigenvalue weighted by Gasteiger charge is 2.29. The van der Waals surface area contributed by atoms with E-state index in [1.54, 1.807) is 285 Å². The minimum Gasteiger partial charge on any atom is -0.497 e. The summed E-state index contributed by atoms with van der Waals surface area (Å²) in [5.74, 6) is -2.70. The molecule has 114 heavy (non-hydrogen) atoms. The van der Waals surface area contributed by atoms with Gasteiger partial charge in [0.25, 0.3) is 47.3 Å². The second-order valence-electron chi connectivity index (χ2n) is 25.0. The molecule has 12 aromatic carbocycles. The minimum absolute atomic E-state index is 0.0173. The van der Waals surface area contributed by atoms with Crippen LogP contribution in [0.4, 0.5) is 0 Å². The smallest absolute Gasteiger partial charge is 0.274 e. The molecule has 12 N–H and O–H groups in total. The fourth-order valence-corrected chi connectivity index (χ4v) is 11.2. The number of hydrogen-bond acceptors (Lipinski definition) is 13. The molecule has 23 heteroatoms. The van der Waals surface area contributed by atoms with Crippen LogP contribution in [0, 0.1) is 23.2 Å². The van der Waals surface area contributed by atoms with Gasteiger partial charge in [-0.15, -0.1) is 0 Å². The first-order valence-corrected chi connectivity index (χ1v) is 36.0. The van der Waals surface area contributed by atoms with Crippen molar-refractivity contribution in [2.24, 2.45) is 10.7 Å². The van der Waals surface area contributed by atoms with Crippen molar-refractivity contribution in [1.82, 2.24) is 37.2 Å². The van der Waals surface area contributed by atoms with Crippen LogP contribution in [0.5, 0.6) is 11.5 Å². The summed E-state index contributed by atoms with van der Waals surface area (Å²) in [6.07, 6.45) is 0. The largest absolute Gasteiger partial charge is 0.497 e. The van der Waals surface area contributed by atoms with Gasteiger partial charge in [-0.1, -0.05) is 290 Å². The van der Waals surface area contributed by atoms with Crippen molar-refractivity contribution in [2.75, 3.05) is 14.2 Å². The van der Waals surface area contributed by atoms with E-state index in [1.807, 2.05) is 61.5 Å². The van der Waals surface area contributed by atoms with Crippen molar-refractivity contribution in [1.29, 1.82) is 16.2 Å². The van der Waals surface area contributed by atoms with Crippen molar-refractivity contribution in [2.45, 2.75) is 31.1 Å². The third-order valence-corrected chi connectivity index (χ3v) is 17.2. The molecule has 0 aliphatic heterocycles. The monoisotopic (exact) mass is 1540 g/mol. The molecule has 0 spiro atoms. The molecular weight excluding hydrogens is 1460 g/mol. The molecule has 12 rings (SSSR count). The zero-order valence-corrected chi connectivity index (χ0v) is 62.9.